The lowest BCUT2D eigenvalue weighted by molar-refractivity contribution is 0.495. The van der Waals surface area contributed by atoms with Crippen molar-refractivity contribution in [2.45, 2.75) is 32.6 Å². The fraction of sp³-hybridized carbons (Fsp3) is 0.500. The zero-order valence-electron chi connectivity index (χ0n) is 8.48. The van der Waals surface area contributed by atoms with Crippen molar-refractivity contribution in [2.75, 3.05) is 0 Å². The summed E-state index contributed by atoms with van der Waals surface area (Å²) in [5.41, 5.74) is 2.54. The average molecular weight is 257 g/mol. The van der Waals surface area contributed by atoms with Gasteiger partial charge in [0, 0.05) is 0 Å². The minimum Gasteiger partial charge on any atom is -0.206 e. The number of fused-ring (bicyclic) bond motifs is 1. The summed E-state index contributed by atoms with van der Waals surface area (Å²) in [5.74, 6) is 1.13. The maximum atomic E-state index is 13.3. The molecule has 0 heterocycles. The molecule has 2 heteroatoms. The standard InChI is InChI=1S/C12H14BrF/c1-7(2)9-4-3-8-5-12(14)11(13)6-10(8)9/h5-7,9H,3-4H2,1-2H3. The normalized spacial score (nSPS) is 20.2. The SMILES string of the molecule is CC(C)C1CCc2cc(F)c(Br)cc21. The van der Waals surface area contributed by atoms with Crippen LogP contribution in [0.3, 0.4) is 0 Å². The van der Waals surface area contributed by atoms with Crippen molar-refractivity contribution in [1.29, 1.82) is 0 Å². The minimum absolute atomic E-state index is 0.131. The third-order valence-electron chi connectivity index (χ3n) is 3.11. The van der Waals surface area contributed by atoms with E-state index in [0.29, 0.717) is 16.3 Å². The highest BCUT2D eigenvalue weighted by molar-refractivity contribution is 9.10. The summed E-state index contributed by atoms with van der Waals surface area (Å²) in [6.07, 6.45) is 2.20. The lowest BCUT2D eigenvalue weighted by Crippen LogP contribution is -2.02. The lowest BCUT2D eigenvalue weighted by atomic mass is 9.90. The second-order valence-corrected chi connectivity index (χ2v) is 5.21. The van der Waals surface area contributed by atoms with Crippen molar-refractivity contribution in [1.82, 2.24) is 0 Å². The molecule has 1 aliphatic carbocycles. The Balaban J connectivity index is 2.45. The molecule has 0 aromatic heterocycles. The third kappa shape index (κ3) is 1.60. The summed E-state index contributed by atoms with van der Waals surface area (Å²) in [7, 11) is 0. The van der Waals surface area contributed by atoms with Gasteiger partial charge in [0.25, 0.3) is 0 Å². The summed E-state index contributed by atoms with van der Waals surface area (Å²) in [5, 5.41) is 0. The van der Waals surface area contributed by atoms with E-state index in [9.17, 15) is 4.39 Å². The van der Waals surface area contributed by atoms with Crippen molar-refractivity contribution >= 4 is 15.9 Å². The van der Waals surface area contributed by atoms with E-state index in [4.69, 9.17) is 0 Å². The highest BCUT2D eigenvalue weighted by Gasteiger charge is 2.26. The molecule has 0 fully saturated rings. The Morgan fingerprint density at radius 1 is 1.43 bits per heavy atom. The van der Waals surface area contributed by atoms with Crippen molar-refractivity contribution in [3.63, 3.8) is 0 Å². The molecule has 2 rings (SSSR count). The van der Waals surface area contributed by atoms with Gasteiger partial charge in [0.1, 0.15) is 5.82 Å². The Morgan fingerprint density at radius 2 is 2.14 bits per heavy atom. The van der Waals surface area contributed by atoms with Crippen LogP contribution in [0.5, 0.6) is 0 Å². The van der Waals surface area contributed by atoms with Gasteiger partial charge in [0.15, 0.2) is 0 Å². The largest absolute Gasteiger partial charge is 0.206 e. The van der Waals surface area contributed by atoms with Crippen molar-refractivity contribution < 1.29 is 4.39 Å². The van der Waals surface area contributed by atoms with Gasteiger partial charge < -0.3 is 0 Å². The third-order valence-corrected chi connectivity index (χ3v) is 3.72. The zero-order valence-corrected chi connectivity index (χ0v) is 10.1. The van der Waals surface area contributed by atoms with E-state index in [-0.39, 0.29) is 5.82 Å². The molecule has 1 aliphatic rings. The first-order chi connectivity index (χ1) is 6.59. The molecule has 0 N–H and O–H groups in total. The van der Waals surface area contributed by atoms with Crippen LogP contribution >= 0.6 is 15.9 Å². The van der Waals surface area contributed by atoms with E-state index in [1.807, 2.05) is 6.07 Å². The quantitative estimate of drug-likeness (QED) is 0.704. The Hall–Kier alpha value is -0.370. The van der Waals surface area contributed by atoms with E-state index < -0.39 is 0 Å². The van der Waals surface area contributed by atoms with Gasteiger partial charge in [-0.05, 0) is 63.9 Å². The van der Waals surface area contributed by atoms with Crippen molar-refractivity contribution in [3.05, 3.63) is 33.5 Å². The molecular weight excluding hydrogens is 243 g/mol. The smallest absolute Gasteiger partial charge is 0.137 e. The van der Waals surface area contributed by atoms with Gasteiger partial charge in [-0.1, -0.05) is 13.8 Å². The van der Waals surface area contributed by atoms with Gasteiger partial charge in [-0.3, -0.25) is 0 Å². The molecule has 76 valence electrons. The molecule has 0 spiro atoms. The van der Waals surface area contributed by atoms with Gasteiger partial charge >= 0.3 is 0 Å². The van der Waals surface area contributed by atoms with Gasteiger partial charge in [-0.2, -0.15) is 0 Å². The molecule has 1 atom stereocenters. The van der Waals surface area contributed by atoms with E-state index in [1.54, 1.807) is 6.07 Å². The average Bonchev–Trinajstić information content (AvgIpc) is 2.48. The van der Waals surface area contributed by atoms with Gasteiger partial charge in [-0.25, -0.2) is 4.39 Å². The topological polar surface area (TPSA) is 0 Å². The Kier molecular flexibility index (Phi) is 2.65. The van der Waals surface area contributed by atoms with Gasteiger partial charge in [-0.15, -0.1) is 0 Å². The van der Waals surface area contributed by atoms with E-state index in [0.717, 1.165) is 6.42 Å². The van der Waals surface area contributed by atoms with E-state index in [2.05, 4.69) is 29.8 Å². The summed E-state index contributed by atoms with van der Waals surface area (Å²) in [6.45, 7) is 4.47. The van der Waals surface area contributed by atoms with Crippen molar-refractivity contribution in [2.24, 2.45) is 5.92 Å². The fourth-order valence-electron chi connectivity index (χ4n) is 2.32. The molecule has 0 nitrogen and oxygen atoms in total. The first-order valence-electron chi connectivity index (χ1n) is 5.07. The Bertz CT molecular complexity index is 358. The second-order valence-electron chi connectivity index (χ2n) is 4.35. The first-order valence-corrected chi connectivity index (χ1v) is 5.86. The summed E-state index contributed by atoms with van der Waals surface area (Å²) in [4.78, 5) is 0. The Morgan fingerprint density at radius 3 is 2.79 bits per heavy atom. The molecule has 1 aromatic rings. The molecular formula is C12H14BrF. The van der Waals surface area contributed by atoms with Crippen LogP contribution in [0, 0.1) is 11.7 Å². The molecule has 0 amide bonds. The molecule has 0 radical (unpaired) electrons. The summed E-state index contributed by atoms with van der Waals surface area (Å²) >= 11 is 3.25. The van der Waals surface area contributed by atoms with Crippen LogP contribution in [0.2, 0.25) is 0 Å². The molecule has 14 heavy (non-hydrogen) atoms. The maximum Gasteiger partial charge on any atom is 0.137 e. The monoisotopic (exact) mass is 256 g/mol. The van der Waals surface area contributed by atoms with Crippen LogP contribution in [0.25, 0.3) is 0 Å². The van der Waals surface area contributed by atoms with Crippen LogP contribution in [0.1, 0.15) is 37.3 Å². The van der Waals surface area contributed by atoms with Crippen LogP contribution in [-0.2, 0) is 6.42 Å². The van der Waals surface area contributed by atoms with Crippen LogP contribution in [-0.4, -0.2) is 0 Å². The minimum atomic E-state index is -0.131. The predicted molar refractivity (Wildman–Crippen MR) is 60.0 cm³/mol. The van der Waals surface area contributed by atoms with Crippen LogP contribution in [0.4, 0.5) is 4.39 Å². The molecule has 1 unspecified atom stereocenters. The highest BCUT2D eigenvalue weighted by atomic mass is 79.9. The number of aryl methyl sites for hydroxylation is 1. The predicted octanol–water partition coefficient (Wildman–Crippen LogP) is 4.27. The molecule has 0 saturated carbocycles. The number of benzene rings is 1. The van der Waals surface area contributed by atoms with Gasteiger partial charge in [0.05, 0.1) is 4.47 Å². The van der Waals surface area contributed by atoms with E-state index in [1.165, 1.54) is 17.5 Å². The number of halogens is 2. The molecule has 1 aromatic carbocycles. The summed E-state index contributed by atoms with van der Waals surface area (Å²) < 4.78 is 13.9. The Labute approximate surface area is 92.6 Å². The fourth-order valence-corrected chi connectivity index (χ4v) is 2.69. The molecule has 0 saturated heterocycles. The zero-order chi connectivity index (χ0) is 10.3. The van der Waals surface area contributed by atoms with Crippen LogP contribution < -0.4 is 0 Å². The highest BCUT2D eigenvalue weighted by Crippen LogP contribution is 2.40. The second kappa shape index (κ2) is 3.65. The first kappa shape index (κ1) is 10.2. The number of rotatable bonds is 1. The molecule has 0 aliphatic heterocycles. The van der Waals surface area contributed by atoms with Crippen LogP contribution in [0.15, 0.2) is 16.6 Å². The number of hydrogen-bond acceptors (Lipinski definition) is 0. The van der Waals surface area contributed by atoms with E-state index >= 15 is 0 Å². The lowest BCUT2D eigenvalue weighted by Gasteiger charge is -2.15. The van der Waals surface area contributed by atoms with Crippen molar-refractivity contribution in [3.8, 4) is 0 Å². The number of hydrogen-bond donors (Lipinski definition) is 0. The molecule has 0 bridgehead atoms. The maximum absolute atomic E-state index is 13.3. The summed E-state index contributed by atoms with van der Waals surface area (Å²) in [6, 6.07) is 3.64. The van der Waals surface area contributed by atoms with Gasteiger partial charge in [0.2, 0.25) is 0 Å².